The lowest BCUT2D eigenvalue weighted by molar-refractivity contribution is 0.660. The number of fused-ring (bicyclic) bond motifs is 9. The summed E-state index contributed by atoms with van der Waals surface area (Å²) < 4.78 is 4.71. The molecule has 0 saturated carbocycles. The van der Waals surface area contributed by atoms with Gasteiger partial charge >= 0.3 is 0 Å². The summed E-state index contributed by atoms with van der Waals surface area (Å²) in [6, 6.07) is 69.9. The molecule has 0 fully saturated rings. The molecule has 0 aliphatic heterocycles. The Labute approximate surface area is 342 Å². The van der Waals surface area contributed by atoms with E-state index in [0.29, 0.717) is 5.82 Å². The molecule has 12 rings (SSSR count). The second-order valence-corrected chi connectivity index (χ2v) is 16.2. The number of hydrogen-bond donors (Lipinski definition) is 0. The van der Waals surface area contributed by atoms with Gasteiger partial charge in [-0.2, -0.15) is 0 Å². The van der Waals surface area contributed by atoms with Crippen molar-refractivity contribution < 1.29 is 0 Å². The zero-order valence-corrected chi connectivity index (χ0v) is 32.8. The van der Waals surface area contributed by atoms with E-state index in [9.17, 15) is 0 Å². The maximum Gasteiger partial charge on any atom is 0.160 e. The minimum atomic E-state index is -0.131. The number of para-hydroxylation sites is 4. The van der Waals surface area contributed by atoms with Crippen LogP contribution in [0.1, 0.15) is 25.0 Å². The van der Waals surface area contributed by atoms with Crippen molar-refractivity contribution in [3.63, 3.8) is 0 Å². The molecule has 1 aliphatic carbocycles. The van der Waals surface area contributed by atoms with E-state index in [1.54, 1.807) is 0 Å². The minimum Gasteiger partial charge on any atom is -0.309 e. The maximum absolute atomic E-state index is 5.32. The monoisotopic (exact) mass is 754 g/mol. The van der Waals surface area contributed by atoms with Crippen LogP contribution in [0.2, 0.25) is 0 Å². The largest absolute Gasteiger partial charge is 0.309 e. The van der Waals surface area contributed by atoms with Gasteiger partial charge in [0.25, 0.3) is 0 Å². The molecule has 0 N–H and O–H groups in total. The van der Waals surface area contributed by atoms with Gasteiger partial charge in [0.1, 0.15) is 0 Å². The number of nitrogens with zero attached hydrogens (tertiary/aromatic N) is 4. The summed E-state index contributed by atoms with van der Waals surface area (Å²) in [6.07, 6.45) is 0. The molecule has 3 aromatic heterocycles. The average molecular weight is 755 g/mol. The molecule has 278 valence electrons. The van der Waals surface area contributed by atoms with Crippen molar-refractivity contribution in [2.45, 2.75) is 19.3 Å². The number of hydrogen-bond acceptors (Lipinski definition) is 2. The predicted molar refractivity (Wildman–Crippen MR) is 245 cm³/mol. The molecular weight excluding hydrogens is 717 g/mol. The van der Waals surface area contributed by atoms with Crippen LogP contribution in [-0.2, 0) is 5.41 Å². The summed E-state index contributed by atoms with van der Waals surface area (Å²) in [5.74, 6) is 0.713. The second kappa shape index (κ2) is 12.7. The third kappa shape index (κ3) is 5.09. The molecule has 4 nitrogen and oxygen atoms in total. The summed E-state index contributed by atoms with van der Waals surface area (Å²) in [5.41, 5.74) is 17.0. The van der Waals surface area contributed by atoms with E-state index >= 15 is 0 Å². The van der Waals surface area contributed by atoms with Gasteiger partial charge in [0, 0.05) is 55.0 Å². The molecule has 59 heavy (non-hydrogen) atoms. The van der Waals surface area contributed by atoms with Gasteiger partial charge in [-0.3, -0.25) is 0 Å². The van der Waals surface area contributed by atoms with Gasteiger partial charge in [-0.1, -0.05) is 147 Å². The van der Waals surface area contributed by atoms with E-state index in [4.69, 9.17) is 9.97 Å². The van der Waals surface area contributed by atoms with Crippen molar-refractivity contribution in [2.24, 2.45) is 0 Å². The van der Waals surface area contributed by atoms with Gasteiger partial charge in [0.2, 0.25) is 0 Å². The number of rotatable bonds is 5. The third-order valence-corrected chi connectivity index (χ3v) is 12.6. The molecule has 0 spiro atoms. The quantitative estimate of drug-likeness (QED) is 0.175. The second-order valence-electron chi connectivity index (χ2n) is 16.2. The first-order valence-electron chi connectivity index (χ1n) is 20.3. The maximum atomic E-state index is 5.32. The molecule has 0 bridgehead atoms. The highest BCUT2D eigenvalue weighted by Gasteiger charge is 2.35. The predicted octanol–water partition coefficient (Wildman–Crippen LogP) is 14.0. The van der Waals surface area contributed by atoms with Crippen LogP contribution >= 0.6 is 0 Å². The Morgan fingerprint density at radius 2 is 0.746 bits per heavy atom. The SMILES string of the molecule is CC1(C)c2ccccc2-c2ccc(-c3nc(-c4ccc(-n5c6ccccc6c6ccccc65)cc4)cc(-c4ccc(-n5c6ccccc6c6ccccc65)cc4)n3)cc21. The average Bonchev–Trinajstić information content (AvgIpc) is 3.89. The zero-order valence-electron chi connectivity index (χ0n) is 32.8. The molecule has 0 unspecified atom stereocenters. The Bertz CT molecular complexity index is 3170. The number of aromatic nitrogens is 4. The molecule has 0 amide bonds. The van der Waals surface area contributed by atoms with Crippen molar-refractivity contribution in [2.75, 3.05) is 0 Å². The zero-order chi connectivity index (χ0) is 39.2. The fourth-order valence-corrected chi connectivity index (χ4v) is 9.68. The summed E-state index contributed by atoms with van der Waals surface area (Å²) >= 11 is 0. The molecule has 11 aromatic rings. The molecule has 3 heterocycles. The molecule has 0 radical (unpaired) electrons. The van der Waals surface area contributed by atoms with Crippen molar-refractivity contribution >= 4 is 43.6 Å². The molecule has 4 heteroatoms. The van der Waals surface area contributed by atoms with Crippen LogP contribution < -0.4 is 0 Å². The van der Waals surface area contributed by atoms with Gasteiger partial charge in [-0.15, -0.1) is 0 Å². The Morgan fingerprint density at radius 1 is 0.356 bits per heavy atom. The Morgan fingerprint density at radius 3 is 1.22 bits per heavy atom. The Hall–Kier alpha value is -7.56. The Balaban J connectivity index is 0.995. The third-order valence-electron chi connectivity index (χ3n) is 12.6. The smallest absolute Gasteiger partial charge is 0.160 e. The topological polar surface area (TPSA) is 35.6 Å². The minimum absolute atomic E-state index is 0.131. The first-order chi connectivity index (χ1) is 29.0. The van der Waals surface area contributed by atoms with Crippen molar-refractivity contribution in [1.82, 2.24) is 19.1 Å². The van der Waals surface area contributed by atoms with E-state index in [2.05, 4.69) is 217 Å². The van der Waals surface area contributed by atoms with E-state index in [1.807, 2.05) is 0 Å². The van der Waals surface area contributed by atoms with Crippen molar-refractivity contribution in [1.29, 1.82) is 0 Å². The lowest BCUT2D eigenvalue weighted by atomic mass is 9.82. The Kier molecular flexibility index (Phi) is 7.24. The summed E-state index contributed by atoms with van der Waals surface area (Å²) in [7, 11) is 0. The van der Waals surface area contributed by atoms with Crippen LogP contribution in [0.4, 0.5) is 0 Å². The van der Waals surface area contributed by atoms with Crippen molar-refractivity contribution in [3.05, 3.63) is 205 Å². The van der Waals surface area contributed by atoms with Crippen LogP contribution in [0.25, 0.3) is 100 Å². The van der Waals surface area contributed by atoms with Crippen molar-refractivity contribution in [3.8, 4) is 56.4 Å². The van der Waals surface area contributed by atoms with Crippen LogP contribution in [0.5, 0.6) is 0 Å². The lowest BCUT2D eigenvalue weighted by Crippen LogP contribution is -2.15. The van der Waals surface area contributed by atoms with Gasteiger partial charge in [-0.05, 0) is 82.9 Å². The van der Waals surface area contributed by atoms with Gasteiger partial charge < -0.3 is 9.13 Å². The summed E-state index contributed by atoms with van der Waals surface area (Å²) in [4.78, 5) is 10.6. The first-order valence-corrected chi connectivity index (χ1v) is 20.3. The van der Waals surface area contributed by atoms with Crippen LogP contribution in [0, 0.1) is 0 Å². The standard InChI is InChI=1S/C55H38N4/c1-55(2)46-18-8-3-13-40(46)41-32-27-37(33-47(41)55)54-56-48(35-23-28-38(29-24-35)58-50-19-9-4-14-42(50)43-15-5-10-20-51(43)58)34-49(57-54)36-25-30-39(31-26-36)59-52-21-11-6-16-44(52)45-17-7-12-22-53(45)59/h3-34H,1-2H3. The molecule has 8 aromatic carbocycles. The van der Waals surface area contributed by atoms with E-state index in [0.717, 1.165) is 39.5 Å². The van der Waals surface area contributed by atoms with Crippen LogP contribution in [0.3, 0.4) is 0 Å². The highest BCUT2D eigenvalue weighted by molar-refractivity contribution is 6.10. The van der Waals surface area contributed by atoms with Crippen LogP contribution in [0.15, 0.2) is 194 Å². The molecule has 0 saturated heterocycles. The summed E-state index contributed by atoms with van der Waals surface area (Å²) in [6.45, 7) is 4.64. The van der Waals surface area contributed by atoms with Gasteiger partial charge in [0.05, 0.1) is 33.5 Å². The highest BCUT2D eigenvalue weighted by Crippen LogP contribution is 2.49. The van der Waals surface area contributed by atoms with E-state index in [1.165, 1.54) is 65.9 Å². The molecular formula is C55H38N4. The number of benzene rings is 8. The van der Waals surface area contributed by atoms with Crippen LogP contribution in [-0.4, -0.2) is 19.1 Å². The lowest BCUT2D eigenvalue weighted by Gasteiger charge is -2.21. The fourth-order valence-electron chi connectivity index (χ4n) is 9.68. The van der Waals surface area contributed by atoms with E-state index in [-0.39, 0.29) is 5.41 Å². The first kappa shape index (κ1) is 33.6. The van der Waals surface area contributed by atoms with Gasteiger partial charge in [0.15, 0.2) is 5.82 Å². The normalized spacial score (nSPS) is 13.1. The molecule has 0 atom stereocenters. The van der Waals surface area contributed by atoms with Gasteiger partial charge in [-0.25, -0.2) is 9.97 Å². The fraction of sp³-hybridized carbons (Fsp3) is 0.0545. The van der Waals surface area contributed by atoms with E-state index < -0.39 is 0 Å². The highest BCUT2D eigenvalue weighted by atomic mass is 15.0. The summed E-state index contributed by atoms with van der Waals surface area (Å²) in [5, 5.41) is 5.01. The molecule has 1 aliphatic rings.